The van der Waals surface area contributed by atoms with Gasteiger partial charge in [0.05, 0.1) is 22.3 Å². The van der Waals surface area contributed by atoms with Crippen molar-refractivity contribution in [3.05, 3.63) is 47.3 Å². The average Bonchev–Trinajstić information content (AvgIpc) is 3.06. The number of nitrogens with one attached hydrogen (secondary N) is 1. The van der Waals surface area contributed by atoms with Crippen LogP contribution >= 0.6 is 11.6 Å². The minimum atomic E-state index is -4.70. The molecule has 1 atom stereocenters. The minimum absolute atomic E-state index is 0.188. The molecule has 0 aromatic carbocycles. The first kappa shape index (κ1) is 17.1. The highest BCUT2D eigenvalue weighted by atomic mass is 35.5. The molecule has 3 aromatic rings. The Morgan fingerprint density at radius 3 is 2.52 bits per heavy atom. The summed E-state index contributed by atoms with van der Waals surface area (Å²) in [7, 11) is 0. The van der Waals surface area contributed by atoms with Gasteiger partial charge < -0.3 is 9.84 Å². The Labute approximate surface area is 144 Å². The Morgan fingerprint density at radius 1 is 1.20 bits per heavy atom. The summed E-state index contributed by atoms with van der Waals surface area (Å²) in [5.74, 6) is -1.43. The minimum Gasteiger partial charge on any atom is -0.346 e. The molecular weight excluding hydrogens is 361 g/mol. The lowest BCUT2D eigenvalue weighted by molar-refractivity contribution is -0.159. The Kier molecular flexibility index (Phi) is 4.53. The number of pyridine rings is 1. The van der Waals surface area contributed by atoms with Crippen molar-refractivity contribution in [3.8, 4) is 11.4 Å². The van der Waals surface area contributed by atoms with Crippen LogP contribution in [0.25, 0.3) is 11.4 Å². The van der Waals surface area contributed by atoms with Crippen molar-refractivity contribution in [2.45, 2.75) is 19.1 Å². The van der Waals surface area contributed by atoms with E-state index in [9.17, 15) is 13.2 Å². The summed E-state index contributed by atoms with van der Waals surface area (Å²) in [5.41, 5.74) is 0.804. The zero-order valence-electron chi connectivity index (χ0n) is 12.6. The van der Waals surface area contributed by atoms with Gasteiger partial charge in [0.15, 0.2) is 0 Å². The van der Waals surface area contributed by atoms with Crippen LogP contribution in [0.15, 0.2) is 35.2 Å². The van der Waals surface area contributed by atoms with Crippen LogP contribution in [0.1, 0.15) is 24.6 Å². The molecule has 1 unspecified atom stereocenters. The third-order valence-corrected chi connectivity index (χ3v) is 3.44. The number of rotatable bonds is 4. The van der Waals surface area contributed by atoms with Crippen LogP contribution in [-0.2, 0) is 6.18 Å². The van der Waals surface area contributed by atoms with Crippen molar-refractivity contribution in [1.29, 1.82) is 0 Å². The third-order valence-electron chi connectivity index (χ3n) is 3.12. The van der Waals surface area contributed by atoms with Crippen LogP contribution in [0.4, 0.5) is 19.1 Å². The predicted octanol–water partition coefficient (Wildman–Crippen LogP) is 3.77. The van der Waals surface area contributed by atoms with E-state index in [1.54, 1.807) is 18.3 Å². The topological polar surface area (TPSA) is 89.6 Å². The summed E-state index contributed by atoms with van der Waals surface area (Å²) < 4.78 is 41.6. The van der Waals surface area contributed by atoms with E-state index in [1.807, 2.05) is 6.92 Å². The first-order valence-electron chi connectivity index (χ1n) is 6.95. The molecule has 0 aliphatic carbocycles. The molecule has 1 N–H and O–H groups in total. The first-order chi connectivity index (χ1) is 11.8. The van der Waals surface area contributed by atoms with Gasteiger partial charge in [-0.2, -0.15) is 18.2 Å². The maximum atomic E-state index is 12.5. The highest BCUT2D eigenvalue weighted by Gasteiger charge is 2.38. The maximum absolute atomic E-state index is 12.5. The Bertz CT molecular complexity index is 868. The van der Waals surface area contributed by atoms with Crippen LogP contribution < -0.4 is 5.32 Å². The highest BCUT2D eigenvalue weighted by molar-refractivity contribution is 6.31. The Morgan fingerprint density at radius 2 is 1.92 bits per heavy atom. The van der Waals surface area contributed by atoms with Crippen molar-refractivity contribution >= 4 is 17.5 Å². The molecule has 130 valence electrons. The van der Waals surface area contributed by atoms with Gasteiger partial charge in [-0.15, -0.1) is 0 Å². The number of anilines is 1. The fourth-order valence-electron chi connectivity index (χ4n) is 1.95. The highest BCUT2D eigenvalue weighted by Crippen LogP contribution is 2.29. The lowest BCUT2D eigenvalue weighted by atomic mass is 10.2. The summed E-state index contributed by atoms with van der Waals surface area (Å²) >= 11 is 6.07. The van der Waals surface area contributed by atoms with Gasteiger partial charge in [-0.1, -0.05) is 16.8 Å². The van der Waals surface area contributed by atoms with Crippen molar-refractivity contribution < 1.29 is 17.7 Å². The Hall–Kier alpha value is -2.75. The zero-order chi connectivity index (χ0) is 18.0. The van der Waals surface area contributed by atoms with Crippen LogP contribution in [0.5, 0.6) is 0 Å². The molecule has 0 saturated carbocycles. The predicted molar refractivity (Wildman–Crippen MR) is 81.6 cm³/mol. The van der Waals surface area contributed by atoms with E-state index in [0.717, 1.165) is 0 Å². The molecule has 11 heteroatoms. The summed E-state index contributed by atoms with van der Waals surface area (Å²) in [5, 5.41) is 6.75. The lowest BCUT2D eigenvalue weighted by Crippen LogP contribution is -2.11. The van der Waals surface area contributed by atoms with Gasteiger partial charge in [0.2, 0.25) is 11.8 Å². The van der Waals surface area contributed by atoms with Crippen LogP contribution in [-0.4, -0.2) is 25.1 Å². The van der Waals surface area contributed by atoms with Crippen molar-refractivity contribution in [2.75, 3.05) is 5.32 Å². The number of hydrogen-bond donors (Lipinski definition) is 1. The zero-order valence-corrected chi connectivity index (χ0v) is 13.4. The number of aromatic nitrogens is 5. The van der Waals surface area contributed by atoms with E-state index in [2.05, 4.69) is 34.9 Å². The lowest BCUT2D eigenvalue weighted by Gasteiger charge is -2.14. The molecule has 3 rings (SSSR count). The van der Waals surface area contributed by atoms with Gasteiger partial charge in [0.25, 0.3) is 0 Å². The summed E-state index contributed by atoms with van der Waals surface area (Å²) in [6.45, 7) is 1.82. The average molecular weight is 371 g/mol. The second-order valence-corrected chi connectivity index (χ2v) is 5.36. The molecule has 25 heavy (non-hydrogen) atoms. The molecule has 3 heterocycles. The normalized spacial score (nSPS) is 12.8. The molecular formula is C14H10ClF3N6O. The second kappa shape index (κ2) is 6.63. The van der Waals surface area contributed by atoms with E-state index >= 15 is 0 Å². The van der Waals surface area contributed by atoms with Crippen LogP contribution in [0, 0.1) is 0 Å². The van der Waals surface area contributed by atoms with Crippen molar-refractivity contribution in [2.24, 2.45) is 0 Å². The number of hydrogen-bond acceptors (Lipinski definition) is 7. The SMILES string of the molecule is CC(Nc1ncc(-c2noc(C(F)(F)F)n2)cn1)c1ncccc1Cl. The van der Waals surface area contributed by atoms with E-state index in [4.69, 9.17) is 11.6 Å². The summed E-state index contributed by atoms with van der Waals surface area (Å²) in [6.07, 6.45) is -0.525. The first-order valence-corrected chi connectivity index (χ1v) is 7.32. The molecule has 0 bridgehead atoms. The van der Waals surface area contributed by atoms with E-state index in [1.165, 1.54) is 12.4 Å². The number of halogens is 4. The maximum Gasteiger partial charge on any atom is 0.471 e. The van der Waals surface area contributed by atoms with Crippen molar-refractivity contribution in [1.82, 2.24) is 25.1 Å². The molecule has 7 nitrogen and oxygen atoms in total. The van der Waals surface area contributed by atoms with Crippen LogP contribution in [0.2, 0.25) is 5.02 Å². The smallest absolute Gasteiger partial charge is 0.346 e. The molecule has 0 fully saturated rings. The van der Waals surface area contributed by atoms with Gasteiger partial charge >= 0.3 is 12.1 Å². The van der Waals surface area contributed by atoms with Crippen molar-refractivity contribution in [3.63, 3.8) is 0 Å². The van der Waals surface area contributed by atoms with E-state index in [-0.39, 0.29) is 23.4 Å². The third kappa shape index (κ3) is 3.85. The molecule has 0 spiro atoms. The van der Waals surface area contributed by atoms with Crippen LogP contribution in [0.3, 0.4) is 0 Å². The monoisotopic (exact) mass is 370 g/mol. The van der Waals surface area contributed by atoms with Gasteiger partial charge in [0, 0.05) is 18.6 Å². The fraction of sp³-hybridized carbons (Fsp3) is 0.214. The second-order valence-electron chi connectivity index (χ2n) is 4.95. The van der Waals surface area contributed by atoms with E-state index < -0.39 is 12.1 Å². The van der Waals surface area contributed by atoms with Gasteiger partial charge in [0.1, 0.15) is 0 Å². The Balaban J connectivity index is 1.74. The standard InChI is InChI=1S/C14H10ClF3N6O/c1-7(10-9(15)3-2-4-19-10)22-13-20-5-8(6-21-13)11-23-12(25-24-11)14(16,17)18/h2-7H,1H3,(H,20,21,22). The van der Waals surface area contributed by atoms with E-state index in [0.29, 0.717) is 10.7 Å². The number of nitrogens with zero attached hydrogens (tertiary/aromatic N) is 5. The van der Waals surface area contributed by atoms with Gasteiger partial charge in [-0.05, 0) is 19.1 Å². The molecule has 0 aliphatic rings. The molecule has 0 aliphatic heterocycles. The summed E-state index contributed by atoms with van der Waals surface area (Å²) in [6, 6.07) is 3.14. The molecule has 0 radical (unpaired) electrons. The molecule has 3 aromatic heterocycles. The molecule has 0 saturated heterocycles. The fourth-order valence-corrected chi connectivity index (χ4v) is 2.24. The summed E-state index contributed by atoms with van der Waals surface area (Å²) in [4.78, 5) is 15.5. The molecule has 0 amide bonds. The quantitative estimate of drug-likeness (QED) is 0.747. The largest absolute Gasteiger partial charge is 0.471 e. The van der Waals surface area contributed by atoms with Gasteiger partial charge in [-0.25, -0.2) is 9.97 Å². The number of alkyl halides is 3. The van der Waals surface area contributed by atoms with Gasteiger partial charge in [-0.3, -0.25) is 4.98 Å².